The highest BCUT2D eigenvalue weighted by atomic mass is 19.1. The third kappa shape index (κ3) is 4.00. The molecule has 0 aliphatic carbocycles. The van der Waals surface area contributed by atoms with Crippen LogP contribution in [0.4, 0.5) is 27.5 Å². The molecule has 6 heteroatoms. The summed E-state index contributed by atoms with van der Waals surface area (Å²) in [5, 5.41) is 13.9. The summed E-state index contributed by atoms with van der Waals surface area (Å²) in [6.45, 7) is 2.11. The van der Waals surface area contributed by atoms with E-state index in [0.717, 1.165) is 12.1 Å². The number of nitrogens with zero attached hydrogens (tertiary/aromatic N) is 3. The molecule has 0 radical (unpaired) electrons. The molecule has 5 nitrogen and oxygen atoms in total. The van der Waals surface area contributed by atoms with E-state index in [2.05, 4.69) is 44.9 Å². The Balaban J connectivity index is 1.74. The topological polar surface area (TPSA) is 62.7 Å². The lowest BCUT2D eigenvalue weighted by Crippen LogP contribution is -2.02. The van der Waals surface area contributed by atoms with Gasteiger partial charge in [-0.1, -0.05) is 25.1 Å². The number of aromatic nitrogens is 3. The smallest absolute Gasteiger partial charge is 0.249 e. The van der Waals surface area contributed by atoms with E-state index in [-0.39, 0.29) is 5.82 Å². The Hall–Kier alpha value is -3.02. The summed E-state index contributed by atoms with van der Waals surface area (Å²) in [6.07, 6.45) is 2.53. The highest BCUT2D eigenvalue weighted by molar-refractivity contribution is 5.58. The van der Waals surface area contributed by atoms with Crippen LogP contribution in [-0.2, 0) is 6.42 Å². The van der Waals surface area contributed by atoms with Gasteiger partial charge in [-0.25, -0.2) is 4.39 Å². The van der Waals surface area contributed by atoms with Crippen LogP contribution in [-0.4, -0.2) is 15.2 Å². The van der Waals surface area contributed by atoms with E-state index in [1.807, 2.05) is 12.1 Å². The number of hydrogen-bond donors (Lipinski definition) is 2. The average Bonchev–Trinajstić information content (AvgIpc) is 2.56. The molecule has 0 spiro atoms. The van der Waals surface area contributed by atoms with E-state index < -0.39 is 0 Å². The molecule has 0 bridgehead atoms. The maximum Gasteiger partial charge on any atom is 0.249 e. The molecule has 3 rings (SSSR count). The highest BCUT2D eigenvalue weighted by Gasteiger charge is 2.03. The van der Waals surface area contributed by atoms with Gasteiger partial charge < -0.3 is 10.6 Å². The lowest BCUT2D eigenvalue weighted by molar-refractivity contribution is 0.628. The fraction of sp³-hybridized carbons (Fsp3) is 0.118. The molecule has 116 valence electrons. The molecule has 0 fully saturated rings. The number of anilines is 4. The van der Waals surface area contributed by atoms with Crippen molar-refractivity contribution in [3.8, 4) is 0 Å². The van der Waals surface area contributed by atoms with Gasteiger partial charge in [0.1, 0.15) is 5.82 Å². The molecular formula is C17H16FN5. The van der Waals surface area contributed by atoms with Crippen molar-refractivity contribution in [1.82, 2.24) is 15.2 Å². The number of halogens is 1. The van der Waals surface area contributed by atoms with Crippen molar-refractivity contribution < 1.29 is 4.39 Å². The summed E-state index contributed by atoms with van der Waals surface area (Å²) >= 11 is 0. The third-order valence-corrected chi connectivity index (χ3v) is 3.27. The molecule has 2 aromatic carbocycles. The van der Waals surface area contributed by atoms with Gasteiger partial charge in [-0.05, 0) is 42.3 Å². The monoisotopic (exact) mass is 309 g/mol. The molecule has 0 amide bonds. The normalized spacial score (nSPS) is 10.3. The molecule has 3 aromatic rings. The summed E-state index contributed by atoms with van der Waals surface area (Å²) in [5.74, 6) is 0.530. The number of nitrogens with one attached hydrogen (secondary N) is 2. The largest absolute Gasteiger partial charge is 0.339 e. The van der Waals surface area contributed by atoms with Crippen LogP contribution in [0.3, 0.4) is 0 Å². The Morgan fingerprint density at radius 3 is 2.57 bits per heavy atom. The van der Waals surface area contributed by atoms with Crippen molar-refractivity contribution >= 4 is 23.1 Å². The van der Waals surface area contributed by atoms with E-state index in [1.54, 1.807) is 12.1 Å². The molecule has 0 saturated heterocycles. The van der Waals surface area contributed by atoms with Gasteiger partial charge in [0.2, 0.25) is 5.95 Å². The first-order chi connectivity index (χ1) is 11.2. The van der Waals surface area contributed by atoms with E-state index in [9.17, 15) is 4.39 Å². The number of aryl methyl sites for hydroxylation is 1. The average molecular weight is 309 g/mol. The van der Waals surface area contributed by atoms with Crippen molar-refractivity contribution in [3.05, 3.63) is 66.1 Å². The summed E-state index contributed by atoms with van der Waals surface area (Å²) in [6, 6.07) is 14.2. The Labute approximate surface area is 133 Å². The summed E-state index contributed by atoms with van der Waals surface area (Å²) in [7, 11) is 0. The van der Waals surface area contributed by atoms with Gasteiger partial charge in [0.25, 0.3) is 0 Å². The molecule has 23 heavy (non-hydrogen) atoms. The standard InChI is InChI=1S/C17H16FN5/c1-2-12-6-8-14(9-7-12)20-16-11-19-23-17(22-16)21-15-5-3-4-13(18)10-15/h3-11H,2H2,1H3,(H2,20,21,22,23). The van der Waals surface area contributed by atoms with Crippen molar-refractivity contribution in [1.29, 1.82) is 0 Å². The van der Waals surface area contributed by atoms with Crippen LogP contribution in [0.2, 0.25) is 0 Å². The minimum absolute atomic E-state index is 0.297. The molecular weight excluding hydrogens is 293 g/mol. The SMILES string of the molecule is CCc1ccc(Nc2cnnc(Nc3cccc(F)c3)n2)cc1. The number of hydrogen-bond acceptors (Lipinski definition) is 5. The second-order valence-electron chi connectivity index (χ2n) is 4.98. The van der Waals surface area contributed by atoms with Crippen LogP contribution in [0.15, 0.2) is 54.7 Å². The van der Waals surface area contributed by atoms with Crippen LogP contribution in [0.25, 0.3) is 0 Å². The zero-order valence-electron chi connectivity index (χ0n) is 12.6. The van der Waals surface area contributed by atoms with Gasteiger partial charge in [-0.15, -0.1) is 5.10 Å². The van der Waals surface area contributed by atoms with E-state index >= 15 is 0 Å². The second kappa shape index (κ2) is 6.83. The molecule has 0 saturated carbocycles. The molecule has 0 unspecified atom stereocenters. The molecule has 0 atom stereocenters. The van der Waals surface area contributed by atoms with E-state index in [0.29, 0.717) is 17.5 Å². The van der Waals surface area contributed by atoms with Crippen LogP contribution < -0.4 is 10.6 Å². The highest BCUT2D eigenvalue weighted by Crippen LogP contribution is 2.18. The predicted octanol–water partition coefficient (Wildman–Crippen LogP) is 4.06. The van der Waals surface area contributed by atoms with Crippen LogP contribution in [0, 0.1) is 5.82 Å². The predicted molar refractivity (Wildman–Crippen MR) is 88.6 cm³/mol. The molecule has 1 heterocycles. The van der Waals surface area contributed by atoms with Gasteiger partial charge >= 0.3 is 0 Å². The molecule has 0 aliphatic heterocycles. The van der Waals surface area contributed by atoms with Crippen molar-refractivity contribution in [2.24, 2.45) is 0 Å². The Morgan fingerprint density at radius 2 is 1.83 bits per heavy atom. The lowest BCUT2D eigenvalue weighted by atomic mass is 10.1. The van der Waals surface area contributed by atoms with Crippen LogP contribution in [0.1, 0.15) is 12.5 Å². The molecule has 2 N–H and O–H groups in total. The van der Waals surface area contributed by atoms with E-state index in [1.165, 1.54) is 23.9 Å². The minimum Gasteiger partial charge on any atom is -0.339 e. The van der Waals surface area contributed by atoms with Crippen LogP contribution in [0.5, 0.6) is 0 Å². The Kier molecular flexibility index (Phi) is 4.42. The van der Waals surface area contributed by atoms with E-state index in [4.69, 9.17) is 0 Å². The van der Waals surface area contributed by atoms with Crippen molar-refractivity contribution in [3.63, 3.8) is 0 Å². The Bertz CT molecular complexity index is 789. The zero-order valence-corrected chi connectivity index (χ0v) is 12.6. The first kappa shape index (κ1) is 14.9. The van der Waals surface area contributed by atoms with Crippen LogP contribution >= 0.6 is 0 Å². The maximum atomic E-state index is 13.2. The summed E-state index contributed by atoms with van der Waals surface area (Å²) < 4.78 is 13.2. The molecule has 0 aliphatic rings. The third-order valence-electron chi connectivity index (χ3n) is 3.27. The Morgan fingerprint density at radius 1 is 1.00 bits per heavy atom. The van der Waals surface area contributed by atoms with Gasteiger partial charge in [-0.2, -0.15) is 10.1 Å². The summed E-state index contributed by atoms with van der Waals surface area (Å²) in [5.41, 5.74) is 2.75. The minimum atomic E-state index is -0.326. The first-order valence-electron chi connectivity index (χ1n) is 7.31. The lowest BCUT2D eigenvalue weighted by Gasteiger charge is -2.08. The van der Waals surface area contributed by atoms with Gasteiger partial charge in [-0.3, -0.25) is 0 Å². The van der Waals surface area contributed by atoms with Gasteiger partial charge in [0, 0.05) is 11.4 Å². The molecule has 1 aromatic heterocycles. The zero-order chi connectivity index (χ0) is 16.1. The quantitative estimate of drug-likeness (QED) is 0.744. The van der Waals surface area contributed by atoms with Gasteiger partial charge in [0.05, 0.1) is 6.20 Å². The number of benzene rings is 2. The number of rotatable bonds is 5. The van der Waals surface area contributed by atoms with Crippen molar-refractivity contribution in [2.45, 2.75) is 13.3 Å². The summed E-state index contributed by atoms with van der Waals surface area (Å²) in [4.78, 5) is 4.32. The first-order valence-corrected chi connectivity index (χ1v) is 7.31. The maximum absolute atomic E-state index is 13.2. The van der Waals surface area contributed by atoms with Crippen molar-refractivity contribution in [2.75, 3.05) is 10.6 Å². The van der Waals surface area contributed by atoms with Gasteiger partial charge in [0.15, 0.2) is 5.82 Å². The fourth-order valence-corrected chi connectivity index (χ4v) is 2.08. The second-order valence-corrected chi connectivity index (χ2v) is 4.98. The fourth-order valence-electron chi connectivity index (χ4n) is 2.08.